The number of hydrogen-bond acceptors (Lipinski definition) is 3. The van der Waals surface area contributed by atoms with Gasteiger partial charge in [0.2, 0.25) is 0 Å². The van der Waals surface area contributed by atoms with E-state index in [9.17, 15) is 19.1 Å². The summed E-state index contributed by atoms with van der Waals surface area (Å²) in [5, 5.41) is 11.8. The lowest BCUT2D eigenvalue weighted by Gasteiger charge is -2.21. The number of anilines is 1. The molecule has 0 bridgehead atoms. The SMILES string of the molecule is CCSc1cccc(F)c1NC(=O)N1CCC(C)(C(=O)O)C1. The summed E-state index contributed by atoms with van der Waals surface area (Å²) in [7, 11) is 0. The Bertz CT molecular complexity index is 596. The zero-order valence-electron chi connectivity index (χ0n) is 12.6. The molecule has 1 aliphatic rings. The monoisotopic (exact) mass is 326 g/mol. The molecule has 22 heavy (non-hydrogen) atoms. The number of hydrogen-bond donors (Lipinski definition) is 2. The van der Waals surface area contributed by atoms with Gasteiger partial charge >= 0.3 is 12.0 Å². The second-order valence-corrected chi connectivity index (χ2v) is 6.82. The summed E-state index contributed by atoms with van der Waals surface area (Å²) in [5.41, 5.74) is -0.781. The molecule has 2 N–H and O–H groups in total. The molecule has 5 nitrogen and oxygen atoms in total. The van der Waals surface area contributed by atoms with Crippen LogP contribution in [0.25, 0.3) is 0 Å². The van der Waals surface area contributed by atoms with Crippen LogP contribution < -0.4 is 5.32 Å². The van der Waals surface area contributed by atoms with Crippen molar-refractivity contribution in [3.8, 4) is 0 Å². The van der Waals surface area contributed by atoms with Crippen molar-refractivity contribution in [1.82, 2.24) is 4.90 Å². The Labute approximate surface area is 132 Å². The number of para-hydroxylation sites is 1. The molecule has 120 valence electrons. The number of carboxylic acids is 1. The van der Waals surface area contributed by atoms with Crippen LogP contribution >= 0.6 is 11.8 Å². The fourth-order valence-electron chi connectivity index (χ4n) is 2.40. The minimum absolute atomic E-state index is 0.124. The maximum atomic E-state index is 14.0. The highest BCUT2D eigenvalue weighted by molar-refractivity contribution is 7.99. The second-order valence-electron chi connectivity index (χ2n) is 5.51. The third kappa shape index (κ3) is 3.35. The van der Waals surface area contributed by atoms with Gasteiger partial charge in [-0.1, -0.05) is 13.0 Å². The average molecular weight is 326 g/mol. The predicted molar refractivity (Wildman–Crippen MR) is 83.7 cm³/mol. The Hall–Kier alpha value is -1.76. The molecule has 1 atom stereocenters. The summed E-state index contributed by atoms with van der Waals surface area (Å²) < 4.78 is 14.0. The summed E-state index contributed by atoms with van der Waals surface area (Å²) in [6.07, 6.45) is 0.392. The predicted octanol–water partition coefficient (Wildman–Crippen LogP) is 3.27. The molecule has 7 heteroatoms. The van der Waals surface area contributed by atoms with Crippen LogP contribution in [0, 0.1) is 11.2 Å². The van der Waals surface area contributed by atoms with Crippen LogP contribution in [0.15, 0.2) is 23.1 Å². The van der Waals surface area contributed by atoms with Crippen LogP contribution in [0.2, 0.25) is 0 Å². The molecule has 1 aliphatic heterocycles. The lowest BCUT2D eigenvalue weighted by molar-refractivity contribution is -0.146. The third-order valence-corrected chi connectivity index (χ3v) is 4.72. The zero-order valence-corrected chi connectivity index (χ0v) is 13.4. The summed E-state index contributed by atoms with van der Waals surface area (Å²) in [5.74, 6) is -0.657. The number of likely N-dealkylation sites (tertiary alicyclic amines) is 1. The van der Waals surface area contributed by atoms with E-state index in [0.29, 0.717) is 17.9 Å². The quantitative estimate of drug-likeness (QED) is 0.833. The molecule has 1 unspecified atom stereocenters. The summed E-state index contributed by atoms with van der Waals surface area (Å²) in [6, 6.07) is 4.17. The van der Waals surface area contributed by atoms with Gasteiger partial charge in [-0.2, -0.15) is 0 Å². The molecule has 1 saturated heterocycles. The van der Waals surface area contributed by atoms with Gasteiger partial charge in [-0.3, -0.25) is 4.79 Å². The van der Waals surface area contributed by atoms with Gasteiger partial charge in [0.05, 0.1) is 11.1 Å². The van der Waals surface area contributed by atoms with Crippen LogP contribution in [-0.4, -0.2) is 40.8 Å². The van der Waals surface area contributed by atoms with Crippen LogP contribution in [0.3, 0.4) is 0 Å². The number of urea groups is 1. The highest BCUT2D eigenvalue weighted by atomic mass is 32.2. The number of nitrogens with zero attached hydrogens (tertiary/aromatic N) is 1. The Morgan fingerprint density at radius 2 is 2.23 bits per heavy atom. The number of benzene rings is 1. The van der Waals surface area contributed by atoms with E-state index in [2.05, 4.69) is 5.32 Å². The normalized spacial score (nSPS) is 21.0. The van der Waals surface area contributed by atoms with Gasteiger partial charge in [-0.15, -0.1) is 11.8 Å². The minimum atomic E-state index is -0.937. The van der Waals surface area contributed by atoms with Crippen molar-refractivity contribution in [2.45, 2.75) is 25.2 Å². The molecule has 0 radical (unpaired) electrons. The standard InChI is InChI=1S/C15H19FN2O3S/c1-3-22-11-6-4-5-10(16)12(11)17-14(21)18-8-7-15(2,9-18)13(19)20/h4-6H,3,7-9H2,1-2H3,(H,17,21)(H,19,20). The van der Waals surface area contributed by atoms with Gasteiger partial charge in [0.15, 0.2) is 0 Å². The molecule has 0 spiro atoms. The van der Waals surface area contributed by atoms with Gasteiger partial charge in [-0.25, -0.2) is 9.18 Å². The number of carbonyl (C=O) groups is 2. The Kier molecular flexibility index (Phi) is 4.95. The van der Waals surface area contributed by atoms with Crippen LogP contribution in [0.4, 0.5) is 14.9 Å². The molecule has 0 aromatic heterocycles. The number of carboxylic acid groups (broad SMARTS) is 1. The second kappa shape index (κ2) is 6.56. The van der Waals surface area contributed by atoms with E-state index in [1.165, 1.54) is 22.7 Å². The van der Waals surface area contributed by atoms with E-state index in [0.717, 1.165) is 5.75 Å². The van der Waals surface area contributed by atoms with Gasteiger partial charge in [0, 0.05) is 18.0 Å². The van der Waals surface area contributed by atoms with Crippen molar-refractivity contribution < 1.29 is 19.1 Å². The molecule has 1 aromatic rings. The maximum Gasteiger partial charge on any atom is 0.321 e. The van der Waals surface area contributed by atoms with E-state index in [1.54, 1.807) is 19.1 Å². The van der Waals surface area contributed by atoms with Crippen molar-refractivity contribution in [2.75, 3.05) is 24.2 Å². The van der Waals surface area contributed by atoms with Crippen molar-refractivity contribution in [2.24, 2.45) is 5.41 Å². The van der Waals surface area contributed by atoms with Crippen LogP contribution in [0.1, 0.15) is 20.3 Å². The molecule has 1 aromatic carbocycles. The number of amides is 2. The number of carbonyl (C=O) groups excluding carboxylic acids is 1. The van der Waals surface area contributed by atoms with E-state index in [1.807, 2.05) is 6.92 Å². The van der Waals surface area contributed by atoms with Gasteiger partial charge < -0.3 is 15.3 Å². The van der Waals surface area contributed by atoms with Crippen LogP contribution in [0.5, 0.6) is 0 Å². The molecule has 0 aliphatic carbocycles. The fraction of sp³-hybridized carbons (Fsp3) is 0.467. The summed E-state index contributed by atoms with van der Waals surface area (Å²) in [4.78, 5) is 25.6. The molecule has 2 rings (SSSR count). The highest BCUT2D eigenvalue weighted by Gasteiger charge is 2.42. The lowest BCUT2D eigenvalue weighted by atomic mass is 9.90. The summed E-state index contributed by atoms with van der Waals surface area (Å²) in [6.45, 7) is 4.03. The zero-order chi connectivity index (χ0) is 16.3. The van der Waals surface area contributed by atoms with Gasteiger partial charge in [-0.05, 0) is 31.2 Å². The minimum Gasteiger partial charge on any atom is -0.481 e. The summed E-state index contributed by atoms with van der Waals surface area (Å²) >= 11 is 1.44. The first-order chi connectivity index (χ1) is 10.4. The number of halogens is 1. The van der Waals surface area contributed by atoms with E-state index < -0.39 is 23.2 Å². The number of nitrogens with one attached hydrogen (secondary N) is 1. The van der Waals surface area contributed by atoms with Gasteiger partial charge in [0.1, 0.15) is 5.82 Å². The number of rotatable bonds is 4. The van der Waals surface area contributed by atoms with Crippen molar-refractivity contribution in [1.29, 1.82) is 0 Å². The number of thioether (sulfide) groups is 1. The molecular formula is C15H19FN2O3S. The molecule has 1 fully saturated rings. The number of aliphatic carboxylic acids is 1. The van der Waals surface area contributed by atoms with E-state index >= 15 is 0 Å². The molecular weight excluding hydrogens is 307 g/mol. The Balaban J connectivity index is 2.12. The molecule has 0 saturated carbocycles. The molecule has 2 amide bonds. The fourth-order valence-corrected chi connectivity index (χ4v) is 3.18. The lowest BCUT2D eigenvalue weighted by Crippen LogP contribution is -2.37. The average Bonchev–Trinajstić information content (AvgIpc) is 2.87. The van der Waals surface area contributed by atoms with Crippen molar-refractivity contribution in [3.63, 3.8) is 0 Å². The van der Waals surface area contributed by atoms with Crippen molar-refractivity contribution in [3.05, 3.63) is 24.0 Å². The topological polar surface area (TPSA) is 69.6 Å². The third-order valence-electron chi connectivity index (χ3n) is 3.78. The van der Waals surface area contributed by atoms with Crippen LogP contribution in [-0.2, 0) is 4.79 Å². The first-order valence-corrected chi connectivity index (χ1v) is 8.06. The molecule has 1 heterocycles. The smallest absolute Gasteiger partial charge is 0.321 e. The first-order valence-electron chi connectivity index (χ1n) is 7.08. The first kappa shape index (κ1) is 16.6. The Morgan fingerprint density at radius 3 is 2.82 bits per heavy atom. The Morgan fingerprint density at radius 1 is 1.50 bits per heavy atom. The highest BCUT2D eigenvalue weighted by Crippen LogP contribution is 2.32. The van der Waals surface area contributed by atoms with E-state index in [4.69, 9.17) is 0 Å². The van der Waals surface area contributed by atoms with Crippen molar-refractivity contribution >= 4 is 29.4 Å². The largest absolute Gasteiger partial charge is 0.481 e. The van der Waals surface area contributed by atoms with Gasteiger partial charge in [0.25, 0.3) is 0 Å². The maximum absolute atomic E-state index is 14.0. The van der Waals surface area contributed by atoms with E-state index in [-0.39, 0.29) is 12.2 Å².